The molecule has 0 N–H and O–H groups in total. The van der Waals surface area contributed by atoms with Gasteiger partial charge in [0.25, 0.3) is 0 Å². The Morgan fingerprint density at radius 1 is 1.40 bits per heavy atom. The van der Waals surface area contributed by atoms with E-state index >= 15 is 0 Å². The number of nitrogens with zero attached hydrogens (tertiary/aromatic N) is 2. The number of hydrogen-bond acceptors (Lipinski definition) is 3. The largest absolute Gasteiger partial charge is 0.497 e. The van der Waals surface area contributed by atoms with E-state index in [0.717, 1.165) is 5.75 Å². The van der Waals surface area contributed by atoms with Crippen molar-refractivity contribution < 1.29 is 9.53 Å². The first kappa shape index (κ1) is 15.1. The fourth-order valence-electron chi connectivity index (χ4n) is 2.50. The van der Waals surface area contributed by atoms with E-state index in [1.807, 2.05) is 43.3 Å². The van der Waals surface area contributed by atoms with Crippen molar-refractivity contribution in [3.63, 3.8) is 0 Å². The number of likely N-dealkylation sites (N-methyl/N-ethyl adjacent to an activating group) is 1. The zero-order chi connectivity index (χ0) is 14.7. The first-order valence-corrected chi connectivity index (χ1v) is 7.17. The fraction of sp³-hybridized carbons (Fsp3) is 0.533. The van der Waals surface area contributed by atoms with Crippen LogP contribution in [0.3, 0.4) is 0 Å². The Labute approximate surface area is 125 Å². The fourth-order valence-corrected chi connectivity index (χ4v) is 2.80. The van der Waals surface area contributed by atoms with Gasteiger partial charge < -0.3 is 14.5 Å². The van der Waals surface area contributed by atoms with Crippen molar-refractivity contribution in [2.24, 2.45) is 0 Å². The van der Waals surface area contributed by atoms with Gasteiger partial charge in [-0.1, -0.05) is 12.1 Å². The summed E-state index contributed by atoms with van der Waals surface area (Å²) in [4.78, 5) is 15.9. The average molecular weight is 297 g/mol. The number of halogens is 1. The Morgan fingerprint density at radius 3 is 2.50 bits per heavy atom. The minimum atomic E-state index is -0.0545. The van der Waals surface area contributed by atoms with E-state index in [1.165, 1.54) is 5.56 Å². The van der Waals surface area contributed by atoms with Gasteiger partial charge in [-0.2, -0.15) is 0 Å². The number of benzene rings is 1. The van der Waals surface area contributed by atoms with E-state index in [4.69, 9.17) is 16.3 Å². The third-order valence-corrected chi connectivity index (χ3v) is 3.98. The second-order valence-corrected chi connectivity index (χ2v) is 5.97. The smallest absolute Gasteiger partial charge is 0.224 e. The van der Waals surface area contributed by atoms with Gasteiger partial charge in [-0.15, -0.1) is 11.6 Å². The van der Waals surface area contributed by atoms with Crippen LogP contribution in [0.2, 0.25) is 0 Å². The summed E-state index contributed by atoms with van der Waals surface area (Å²) in [5.41, 5.74) is 1.17. The third-order valence-electron chi connectivity index (χ3n) is 3.68. The number of ether oxygens (including phenoxy) is 1. The maximum absolute atomic E-state index is 11.9. The van der Waals surface area contributed by atoms with Crippen molar-refractivity contribution >= 4 is 17.5 Å². The standard InChI is InChI=1S/C15H21ClN2O2/c1-17(2)14(10-18-9-12(16)8-15(18)19)11-4-6-13(20-3)7-5-11/h4-7,12,14H,8-10H2,1-3H3. The van der Waals surface area contributed by atoms with Gasteiger partial charge in [0.05, 0.1) is 18.5 Å². The number of likely N-dealkylation sites (tertiary alicyclic amines) is 1. The predicted octanol–water partition coefficient (Wildman–Crippen LogP) is 2.14. The molecule has 0 aliphatic carbocycles. The normalized spacial score (nSPS) is 20.6. The van der Waals surface area contributed by atoms with E-state index < -0.39 is 0 Å². The van der Waals surface area contributed by atoms with E-state index in [2.05, 4.69) is 4.90 Å². The molecule has 0 bridgehead atoms. The van der Waals surface area contributed by atoms with Crippen molar-refractivity contribution in [3.8, 4) is 5.75 Å². The summed E-state index contributed by atoms with van der Waals surface area (Å²) in [5, 5.41) is -0.0545. The van der Waals surface area contributed by atoms with E-state index in [1.54, 1.807) is 7.11 Å². The molecule has 1 aromatic rings. The van der Waals surface area contributed by atoms with Gasteiger partial charge in [0.2, 0.25) is 5.91 Å². The van der Waals surface area contributed by atoms with Gasteiger partial charge in [-0.25, -0.2) is 0 Å². The SMILES string of the molecule is COc1ccc(C(CN2CC(Cl)CC2=O)N(C)C)cc1. The molecule has 1 amide bonds. The Balaban J connectivity index is 2.12. The topological polar surface area (TPSA) is 32.8 Å². The van der Waals surface area contributed by atoms with Crippen LogP contribution in [0.4, 0.5) is 0 Å². The molecule has 2 unspecified atom stereocenters. The molecule has 2 atom stereocenters. The maximum atomic E-state index is 11.9. The van der Waals surface area contributed by atoms with E-state index in [-0.39, 0.29) is 17.3 Å². The minimum absolute atomic E-state index is 0.0545. The molecule has 1 heterocycles. The molecule has 0 radical (unpaired) electrons. The molecule has 1 aliphatic rings. The van der Waals surface area contributed by atoms with Crippen molar-refractivity contribution in [1.82, 2.24) is 9.80 Å². The van der Waals surface area contributed by atoms with Crippen LogP contribution in [-0.2, 0) is 4.79 Å². The van der Waals surface area contributed by atoms with Gasteiger partial charge in [0.15, 0.2) is 0 Å². The van der Waals surface area contributed by atoms with Gasteiger partial charge >= 0.3 is 0 Å². The lowest BCUT2D eigenvalue weighted by Crippen LogP contribution is -2.35. The highest BCUT2D eigenvalue weighted by Crippen LogP contribution is 2.25. The third kappa shape index (κ3) is 3.44. The number of rotatable bonds is 5. The van der Waals surface area contributed by atoms with Crippen LogP contribution in [0.25, 0.3) is 0 Å². The number of hydrogen-bond donors (Lipinski definition) is 0. The summed E-state index contributed by atoms with van der Waals surface area (Å²) >= 11 is 6.06. The van der Waals surface area contributed by atoms with Crippen LogP contribution in [-0.4, -0.2) is 55.4 Å². The number of alkyl halides is 1. The molecule has 1 fully saturated rings. The molecule has 2 rings (SSSR count). The number of methoxy groups -OCH3 is 1. The highest BCUT2D eigenvalue weighted by molar-refractivity contribution is 6.22. The minimum Gasteiger partial charge on any atom is -0.497 e. The lowest BCUT2D eigenvalue weighted by atomic mass is 10.1. The van der Waals surface area contributed by atoms with Crippen LogP contribution in [0, 0.1) is 0 Å². The number of carbonyl (C=O) groups is 1. The second-order valence-electron chi connectivity index (χ2n) is 5.35. The molecule has 1 aliphatic heterocycles. The highest BCUT2D eigenvalue weighted by atomic mass is 35.5. The van der Waals surface area contributed by atoms with Crippen molar-refractivity contribution in [3.05, 3.63) is 29.8 Å². The molecule has 110 valence electrons. The Morgan fingerprint density at radius 2 is 2.05 bits per heavy atom. The summed E-state index contributed by atoms with van der Waals surface area (Å²) in [7, 11) is 5.70. The Bertz CT molecular complexity index is 461. The lowest BCUT2D eigenvalue weighted by molar-refractivity contribution is -0.128. The monoisotopic (exact) mass is 296 g/mol. The van der Waals surface area contributed by atoms with Gasteiger partial charge in [-0.05, 0) is 31.8 Å². The molecule has 5 heteroatoms. The summed E-state index contributed by atoms with van der Waals surface area (Å²) < 4.78 is 5.18. The molecule has 0 spiro atoms. The molecular formula is C15H21ClN2O2. The first-order valence-electron chi connectivity index (χ1n) is 6.73. The molecule has 0 aromatic heterocycles. The zero-order valence-electron chi connectivity index (χ0n) is 12.2. The quantitative estimate of drug-likeness (QED) is 0.781. The highest BCUT2D eigenvalue weighted by Gasteiger charge is 2.30. The van der Waals surface area contributed by atoms with Crippen LogP contribution in [0.1, 0.15) is 18.0 Å². The van der Waals surface area contributed by atoms with Crippen molar-refractivity contribution in [2.45, 2.75) is 17.8 Å². The van der Waals surface area contributed by atoms with E-state index in [9.17, 15) is 4.79 Å². The Hall–Kier alpha value is -1.26. The summed E-state index contributed by atoms with van der Waals surface area (Å²) in [6, 6.07) is 8.14. The zero-order valence-corrected chi connectivity index (χ0v) is 12.9. The van der Waals surface area contributed by atoms with Crippen LogP contribution in [0.15, 0.2) is 24.3 Å². The maximum Gasteiger partial charge on any atom is 0.224 e. The molecule has 20 heavy (non-hydrogen) atoms. The average Bonchev–Trinajstić information content (AvgIpc) is 2.74. The van der Waals surface area contributed by atoms with Crippen LogP contribution >= 0.6 is 11.6 Å². The summed E-state index contributed by atoms with van der Waals surface area (Å²) in [5.74, 6) is 0.981. The lowest BCUT2D eigenvalue weighted by Gasteiger charge is -2.29. The molecule has 1 saturated heterocycles. The summed E-state index contributed by atoms with van der Waals surface area (Å²) in [6.45, 7) is 1.31. The van der Waals surface area contributed by atoms with Gasteiger partial charge in [-0.3, -0.25) is 4.79 Å². The second kappa shape index (κ2) is 6.46. The van der Waals surface area contributed by atoms with Crippen LogP contribution < -0.4 is 4.74 Å². The van der Waals surface area contributed by atoms with Crippen molar-refractivity contribution in [1.29, 1.82) is 0 Å². The molecule has 1 aromatic carbocycles. The first-order chi connectivity index (χ1) is 9.51. The Kier molecular flexibility index (Phi) is 4.89. The van der Waals surface area contributed by atoms with E-state index in [0.29, 0.717) is 19.5 Å². The number of amides is 1. The van der Waals surface area contributed by atoms with Gasteiger partial charge in [0, 0.05) is 19.5 Å². The van der Waals surface area contributed by atoms with Gasteiger partial charge in [0.1, 0.15) is 5.75 Å². The molecular weight excluding hydrogens is 276 g/mol. The molecule has 4 nitrogen and oxygen atoms in total. The number of carbonyl (C=O) groups excluding carboxylic acids is 1. The predicted molar refractivity (Wildman–Crippen MR) is 80.3 cm³/mol. The molecule has 0 saturated carbocycles. The van der Waals surface area contributed by atoms with Crippen LogP contribution in [0.5, 0.6) is 5.75 Å². The van der Waals surface area contributed by atoms with Crippen molar-refractivity contribution in [2.75, 3.05) is 34.3 Å². The summed E-state index contributed by atoms with van der Waals surface area (Å²) in [6.07, 6.45) is 0.449.